The lowest BCUT2D eigenvalue weighted by Crippen LogP contribution is -2.48. The number of nitrogens with zero attached hydrogens (tertiary/aromatic N) is 3. The summed E-state index contributed by atoms with van der Waals surface area (Å²) < 4.78 is 0. The molecule has 3 aliphatic rings. The summed E-state index contributed by atoms with van der Waals surface area (Å²) in [6.45, 7) is 4.75. The summed E-state index contributed by atoms with van der Waals surface area (Å²) in [5.41, 5.74) is -0.383. The molecule has 1 aromatic heterocycles. The van der Waals surface area contributed by atoms with Crippen LogP contribution in [0.1, 0.15) is 22.5 Å². The number of fused-ring (bicyclic) bond motifs is 1. The fourth-order valence-electron chi connectivity index (χ4n) is 4.56. The van der Waals surface area contributed by atoms with Crippen LogP contribution in [0, 0.1) is 11.3 Å². The highest BCUT2D eigenvalue weighted by atomic mass is 32.1. The minimum Gasteiger partial charge on any atom is -0.342 e. The molecule has 0 N–H and O–H groups in total. The summed E-state index contributed by atoms with van der Waals surface area (Å²) in [7, 11) is 2.09. The van der Waals surface area contributed by atoms with E-state index in [9.17, 15) is 9.59 Å². The molecule has 0 unspecified atom stereocenters. The van der Waals surface area contributed by atoms with Crippen LogP contribution in [-0.2, 0) is 4.79 Å². The van der Waals surface area contributed by atoms with Gasteiger partial charge in [0, 0.05) is 45.2 Å². The van der Waals surface area contributed by atoms with Crippen molar-refractivity contribution in [2.75, 3.05) is 46.3 Å². The topological polar surface area (TPSA) is 43.9 Å². The van der Waals surface area contributed by atoms with Crippen LogP contribution in [0.4, 0.5) is 0 Å². The molecule has 6 heteroatoms. The normalized spacial score (nSPS) is 30.9. The van der Waals surface area contributed by atoms with Gasteiger partial charge in [-0.05, 0) is 31.3 Å². The molecule has 0 spiro atoms. The van der Waals surface area contributed by atoms with Gasteiger partial charge in [0.05, 0.1) is 10.3 Å². The second-order valence-electron chi connectivity index (χ2n) is 7.21. The number of carbonyl (C=O) groups is 2. The Hall–Kier alpha value is -1.40. The van der Waals surface area contributed by atoms with Crippen LogP contribution in [0.15, 0.2) is 17.5 Å². The average Bonchev–Trinajstić information content (AvgIpc) is 3.28. The van der Waals surface area contributed by atoms with Crippen molar-refractivity contribution in [3.63, 3.8) is 0 Å². The third-order valence-corrected chi connectivity index (χ3v) is 6.48. The van der Waals surface area contributed by atoms with E-state index in [0.29, 0.717) is 13.1 Å². The van der Waals surface area contributed by atoms with Crippen LogP contribution in [0.25, 0.3) is 0 Å². The third-order valence-electron chi connectivity index (χ3n) is 5.62. The Labute approximate surface area is 140 Å². The standard InChI is InChI=1S/C17H23N3O2S/c1-18-9-13-10-20(15(21)14-5-4-8-23-14)12-17(13,11-18)16(22)19-6-2-3-7-19/h4-5,8,13H,2-3,6-7,9-12H2,1H3/t13-,17-/m0/s1. The van der Waals surface area contributed by atoms with E-state index in [1.165, 1.54) is 11.3 Å². The van der Waals surface area contributed by atoms with Gasteiger partial charge in [0.25, 0.3) is 5.91 Å². The molecule has 23 heavy (non-hydrogen) atoms. The molecular formula is C17H23N3O2S. The van der Waals surface area contributed by atoms with Crippen LogP contribution in [-0.4, -0.2) is 72.8 Å². The molecule has 4 heterocycles. The molecule has 3 aliphatic heterocycles. The number of rotatable bonds is 2. The first-order valence-corrected chi connectivity index (χ1v) is 9.29. The van der Waals surface area contributed by atoms with Gasteiger partial charge in [0.2, 0.25) is 5.91 Å². The van der Waals surface area contributed by atoms with Gasteiger partial charge < -0.3 is 14.7 Å². The van der Waals surface area contributed by atoms with Gasteiger partial charge in [-0.2, -0.15) is 0 Å². The quantitative estimate of drug-likeness (QED) is 0.821. The minimum absolute atomic E-state index is 0.0886. The van der Waals surface area contributed by atoms with E-state index < -0.39 is 0 Å². The highest BCUT2D eigenvalue weighted by Gasteiger charge is 2.58. The summed E-state index contributed by atoms with van der Waals surface area (Å²) in [6.07, 6.45) is 2.22. The van der Waals surface area contributed by atoms with Crippen LogP contribution in [0.3, 0.4) is 0 Å². The number of amides is 2. The van der Waals surface area contributed by atoms with Crippen molar-refractivity contribution in [3.8, 4) is 0 Å². The Kier molecular flexibility index (Phi) is 3.69. The third kappa shape index (κ3) is 2.39. The van der Waals surface area contributed by atoms with Crippen molar-refractivity contribution in [3.05, 3.63) is 22.4 Å². The lowest BCUT2D eigenvalue weighted by molar-refractivity contribution is -0.141. The van der Waals surface area contributed by atoms with Crippen LogP contribution in [0.2, 0.25) is 0 Å². The van der Waals surface area contributed by atoms with Gasteiger partial charge in [-0.1, -0.05) is 6.07 Å². The highest BCUT2D eigenvalue weighted by Crippen LogP contribution is 2.44. The van der Waals surface area contributed by atoms with Gasteiger partial charge in [0.15, 0.2) is 0 Å². The molecule has 0 bridgehead atoms. The molecule has 2 atom stereocenters. The molecule has 4 rings (SSSR count). The van der Waals surface area contributed by atoms with Gasteiger partial charge in [-0.3, -0.25) is 9.59 Å². The maximum atomic E-state index is 13.2. The van der Waals surface area contributed by atoms with Crippen molar-refractivity contribution in [1.82, 2.24) is 14.7 Å². The first-order chi connectivity index (χ1) is 11.1. The molecule has 0 aromatic carbocycles. The van der Waals surface area contributed by atoms with Crippen molar-refractivity contribution in [1.29, 1.82) is 0 Å². The second-order valence-corrected chi connectivity index (χ2v) is 8.16. The molecule has 0 radical (unpaired) electrons. The maximum absolute atomic E-state index is 13.2. The molecule has 2 amide bonds. The van der Waals surface area contributed by atoms with Crippen LogP contribution >= 0.6 is 11.3 Å². The Bertz CT molecular complexity index is 611. The van der Waals surface area contributed by atoms with Crippen LogP contribution < -0.4 is 0 Å². The summed E-state index contributed by atoms with van der Waals surface area (Å²) in [5, 5.41) is 1.93. The van der Waals surface area contributed by atoms with Crippen molar-refractivity contribution < 1.29 is 9.59 Å². The monoisotopic (exact) mass is 333 g/mol. The van der Waals surface area contributed by atoms with Crippen molar-refractivity contribution in [2.45, 2.75) is 12.8 Å². The number of likely N-dealkylation sites (tertiary alicyclic amines) is 3. The predicted octanol–water partition coefficient (Wildman–Crippen LogP) is 1.37. The number of carbonyl (C=O) groups excluding carboxylic acids is 2. The number of thiophene rings is 1. The molecule has 5 nitrogen and oxygen atoms in total. The molecule has 124 valence electrons. The van der Waals surface area contributed by atoms with E-state index in [-0.39, 0.29) is 23.1 Å². The van der Waals surface area contributed by atoms with E-state index in [4.69, 9.17) is 0 Å². The Balaban J connectivity index is 1.58. The highest BCUT2D eigenvalue weighted by molar-refractivity contribution is 7.12. The van der Waals surface area contributed by atoms with E-state index in [1.54, 1.807) is 0 Å². The van der Waals surface area contributed by atoms with Gasteiger partial charge >= 0.3 is 0 Å². The summed E-state index contributed by atoms with van der Waals surface area (Å²) in [4.78, 5) is 32.9. The summed E-state index contributed by atoms with van der Waals surface area (Å²) in [6, 6.07) is 3.79. The minimum atomic E-state index is -0.383. The maximum Gasteiger partial charge on any atom is 0.263 e. The first-order valence-electron chi connectivity index (χ1n) is 8.41. The molecular weight excluding hydrogens is 310 g/mol. The second kappa shape index (κ2) is 5.60. The van der Waals surface area contributed by atoms with E-state index >= 15 is 0 Å². The predicted molar refractivity (Wildman–Crippen MR) is 89.5 cm³/mol. The lowest BCUT2D eigenvalue weighted by atomic mass is 9.79. The van der Waals surface area contributed by atoms with Crippen LogP contribution in [0.5, 0.6) is 0 Å². The molecule has 3 fully saturated rings. The molecule has 3 saturated heterocycles. The largest absolute Gasteiger partial charge is 0.342 e. The van der Waals surface area contributed by atoms with E-state index in [0.717, 1.165) is 43.9 Å². The zero-order chi connectivity index (χ0) is 16.0. The first kappa shape index (κ1) is 15.1. The fraction of sp³-hybridized carbons (Fsp3) is 0.647. The zero-order valence-corrected chi connectivity index (χ0v) is 14.3. The molecule has 1 aromatic rings. The molecule has 0 saturated carbocycles. The SMILES string of the molecule is CN1C[C@H]2CN(C(=O)c3cccs3)C[C@@]2(C(=O)N2CCCC2)C1. The van der Waals surface area contributed by atoms with Crippen molar-refractivity contribution >= 4 is 23.2 Å². The smallest absolute Gasteiger partial charge is 0.263 e. The Morgan fingerprint density at radius 2 is 1.96 bits per heavy atom. The number of hydrogen-bond donors (Lipinski definition) is 0. The van der Waals surface area contributed by atoms with Crippen molar-refractivity contribution in [2.24, 2.45) is 11.3 Å². The summed E-state index contributed by atoms with van der Waals surface area (Å²) >= 11 is 1.48. The van der Waals surface area contributed by atoms with E-state index in [1.807, 2.05) is 27.3 Å². The zero-order valence-electron chi connectivity index (χ0n) is 13.5. The van der Waals surface area contributed by atoms with Gasteiger partial charge in [0.1, 0.15) is 0 Å². The average molecular weight is 333 g/mol. The fourth-order valence-corrected chi connectivity index (χ4v) is 5.26. The lowest BCUT2D eigenvalue weighted by Gasteiger charge is -2.32. The Morgan fingerprint density at radius 3 is 2.65 bits per heavy atom. The van der Waals surface area contributed by atoms with Gasteiger partial charge in [-0.15, -0.1) is 11.3 Å². The summed E-state index contributed by atoms with van der Waals surface area (Å²) in [5.74, 6) is 0.640. The van der Waals surface area contributed by atoms with Gasteiger partial charge in [-0.25, -0.2) is 0 Å². The van der Waals surface area contributed by atoms with E-state index in [2.05, 4.69) is 11.9 Å². The number of hydrogen-bond acceptors (Lipinski definition) is 4. The molecule has 0 aliphatic carbocycles. The Morgan fingerprint density at radius 1 is 1.17 bits per heavy atom.